The molecule has 0 amide bonds. The molecule has 0 aliphatic heterocycles. The van der Waals surface area contributed by atoms with Crippen molar-refractivity contribution in [1.29, 1.82) is 0 Å². The summed E-state index contributed by atoms with van der Waals surface area (Å²) in [5.74, 6) is -0.866. The van der Waals surface area contributed by atoms with Gasteiger partial charge in [0, 0.05) is 5.56 Å². The predicted molar refractivity (Wildman–Crippen MR) is 107 cm³/mol. The molecule has 158 valence electrons. The van der Waals surface area contributed by atoms with Gasteiger partial charge in [-0.05, 0) is 35.9 Å². The molecule has 30 heavy (non-hydrogen) atoms. The van der Waals surface area contributed by atoms with Crippen LogP contribution in [0.2, 0.25) is 0 Å². The fraction of sp³-hybridized carbons (Fsp3) is 0.143. The molecule has 5 nitrogen and oxygen atoms in total. The summed E-state index contributed by atoms with van der Waals surface area (Å²) in [6.45, 7) is 0. The molecule has 0 saturated heterocycles. The maximum atomic E-state index is 13.5. The second kappa shape index (κ2) is 8.27. The van der Waals surface area contributed by atoms with Crippen molar-refractivity contribution in [1.82, 2.24) is 0 Å². The molecule has 0 aromatic heterocycles. The number of benzene rings is 3. The van der Waals surface area contributed by atoms with Crippen LogP contribution in [-0.4, -0.2) is 22.6 Å². The van der Waals surface area contributed by atoms with Crippen LogP contribution in [0.25, 0.3) is 11.1 Å². The van der Waals surface area contributed by atoms with Crippen LogP contribution in [0.5, 0.6) is 11.5 Å². The second-order valence-corrected chi connectivity index (χ2v) is 7.90. The summed E-state index contributed by atoms with van der Waals surface area (Å²) in [6.07, 6.45) is -4.69. The van der Waals surface area contributed by atoms with Gasteiger partial charge in [-0.15, -0.1) is 0 Å². The van der Waals surface area contributed by atoms with Gasteiger partial charge in [-0.2, -0.15) is 13.2 Å². The van der Waals surface area contributed by atoms with Crippen molar-refractivity contribution >= 4 is 15.7 Å². The smallest absolute Gasteiger partial charge is 0.423 e. The minimum atomic E-state index is -4.69. The van der Waals surface area contributed by atoms with E-state index < -0.39 is 33.3 Å². The minimum absolute atomic E-state index is 0.0578. The first kappa shape index (κ1) is 21.5. The normalized spacial score (nSPS) is 11.8. The molecule has 0 saturated carbocycles. The Balaban J connectivity index is 2.13. The number of methoxy groups -OCH3 is 2. The molecule has 0 spiro atoms. The predicted octanol–water partition coefficient (Wildman–Crippen LogP) is 5.19. The summed E-state index contributed by atoms with van der Waals surface area (Å²) < 4.78 is 78.2. The Hall–Kier alpha value is -3.20. The zero-order valence-electron chi connectivity index (χ0n) is 16.0. The standard InChI is InChI=1S/C21H18F3NO4S/c1-28-18-12-14(13-19(29-2)20(18)21(22,23)24)16-10-6-7-11-17(16)25-30(26,27)15-8-4-3-5-9-15/h3-13,25H,1-2H3. The van der Waals surface area contributed by atoms with Crippen molar-refractivity contribution in [3.8, 4) is 22.6 Å². The van der Waals surface area contributed by atoms with Gasteiger partial charge in [-0.25, -0.2) is 8.42 Å². The van der Waals surface area contributed by atoms with E-state index in [1.165, 1.54) is 30.3 Å². The van der Waals surface area contributed by atoms with E-state index in [0.29, 0.717) is 11.1 Å². The van der Waals surface area contributed by atoms with Gasteiger partial charge in [0.25, 0.3) is 10.0 Å². The molecule has 0 heterocycles. The number of rotatable bonds is 6. The third-order valence-corrected chi connectivity index (χ3v) is 5.71. The molecular formula is C21H18F3NO4S. The van der Waals surface area contributed by atoms with Crippen LogP contribution in [0.4, 0.5) is 18.9 Å². The lowest BCUT2D eigenvalue weighted by molar-refractivity contribution is -0.139. The molecule has 0 unspecified atom stereocenters. The number of halogens is 3. The molecule has 0 aliphatic rings. The third-order valence-electron chi connectivity index (χ3n) is 4.33. The average Bonchev–Trinajstić information content (AvgIpc) is 2.72. The van der Waals surface area contributed by atoms with Gasteiger partial charge >= 0.3 is 6.18 Å². The van der Waals surface area contributed by atoms with Gasteiger partial charge in [-0.1, -0.05) is 36.4 Å². The lowest BCUT2D eigenvalue weighted by Crippen LogP contribution is -2.13. The first-order chi connectivity index (χ1) is 14.2. The SMILES string of the molecule is COc1cc(-c2ccccc2NS(=O)(=O)c2ccccc2)cc(OC)c1C(F)(F)F. The topological polar surface area (TPSA) is 64.6 Å². The maximum Gasteiger partial charge on any atom is 0.423 e. The quantitative estimate of drug-likeness (QED) is 0.576. The van der Waals surface area contributed by atoms with Gasteiger partial charge in [-0.3, -0.25) is 4.72 Å². The number of para-hydroxylation sites is 1. The monoisotopic (exact) mass is 437 g/mol. The Labute approximate surface area is 172 Å². The van der Waals surface area contributed by atoms with Gasteiger partial charge in [0.1, 0.15) is 17.1 Å². The van der Waals surface area contributed by atoms with Crippen LogP contribution in [0.15, 0.2) is 71.6 Å². The van der Waals surface area contributed by atoms with Crippen LogP contribution in [-0.2, 0) is 16.2 Å². The van der Waals surface area contributed by atoms with Crippen molar-refractivity contribution < 1.29 is 31.1 Å². The molecule has 9 heteroatoms. The zero-order chi connectivity index (χ0) is 21.9. The molecule has 3 aromatic rings. The van der Waals surface area contributed by atoms with E-state index in [0.717, 1.165) is 14.2 Å². The van der Waals surface area contributed by atoms with E-state index in [4.69, 9.17) is 9.47 Å². The van der Waals surface area contributed by atoms with Crippen LogP contribution in [0.1, 0.15) is 5.56 Å². The number of sulfonamides is 1. The maximum absolute atomic E-state index is 13.5. The highest BCUT2D eigenvalue weighted by Gasteiger charge is 2.38. The highest BCUT2D eigenvalue weighted by molar-refractivity contribution is 7.92. The Morgan fingerprint density at radius 1 is 0.833 bits per heavy atom. The molecule has 0 bridgehead atoms. The number of anilines is 1. The Kier molecular flexibility index (Phi) is 5.93. The number of nitrogens with one attached hydrogen (secondary N) is 1. The summed E-state index contributed by atoms with van der Waals surface area (Å²) in [6, 6.07) is 16.5. The van der Waals surface area contributed by atoms with Crippen molar-refractivity contribution in [3.05, 3.63) is 72.3 Å². The first-order valence-electron chi connectivity index (χ1n) is 8.68. The summed E-state index contributed by atoms with van der Waals surface area (Å²) in [5, 5.41) is 0. The van der Waals surface area contributed by atoms with Gasteiger partial charge < -0.3 is 9.47 Å². The number of ether oxygens (including phenoxy) is 2. The zero-order valence-corrected chi connectivity index (χ0v) is 16.8. The van der Waals surface area contributed by atoms with Gasteiger partial charge in [0.2, 0.25) is 0 Å². The van der Waals surface area contributed by atoms with Gasteiger partial charge in [0.05, 0.1) is 24.8 Å². The second-order valence-electron chi connectivity index (χ2n) is 6.22. The first-order valence-corrected chi connectivity index (χ1v) is 10.2. The molecule has 3 rings (SSSR count). The highest BCUT2D eigenvalue weighted by atomic mass is 32.2. The summed E-state index contributed by atoms with van der Waals surface area (Å²) in [7, 11) is -1.65. The average molecular weight is 437 g/mol. The Bertz CT molecular complexity index is 1120. The van der Waals surface area contributed by atoms with Crippen molar-refractivity contribution in [3.63, 3.8) is 0 Å². The number of hydrogen-bond donors (Lipinski definition) is 1. The summed E-state index contributed by atoms with van der Waals surface area (Å²) in [5.41, 5.74) is -0.186. The summed E-state index contributed by atoms with van der Waals surface area (Å²) in [4.78, 5) is 0.0578. The van der Waals surface area contributed by atoms with Crippen molar-refractivity contribution in [2.45, 2.75) is 11.1 Å². The highest BCUT2D eigenvalue weighted by Crippen LogP contribution is 2.45. The third kappa shape index (κ3) is 4.35. The molecular weight excluding hydrogens is 419 g/mol. The fourth-order valence-corrected chi connectivity index (χ4v) is 4.07. The van der Waals surface area contributed by atoms with Crippen LogP contribution >= 0.6 is 0 Å². The Morgan fingerprint density at radius 3 is 1.90 bits per heavy atom. The van der Waals surface area contributed by atoms with Crippen molar-refractivity contribution in [2.24, 2.45) is 0 Å². The van der Waals surface area contributed by atoms with E-state index in [9.17, 15) is 21.6 Å². The molecule has 1 N–H and O–H groups in total. The Morgan fingerprint density at radius 2 is 1.37 bits per heavy atom. The van der Waals surface area contributed by atoms with Crippen LogP contribution in [0, 0.1) is 0 Å². The van der Waals surface area contributed by atoms with E-state index >= 15 is 0 Å². The van der Waals surface area contributed by atoms with Crippen LogP contribution in [0.3, 0.4) is 0 Å². The molecule has 3 aromatic carbocycles. The number of hydrogen-bond acceptors (Lipinski definition) is 4. The lowest BCUT2D eigenvalue weighted by Gasteiger charge is -2.19. The van der Waals surface area contributed by atoms with E-state index in [-0.39, 0.29) is 10.6 Å². The molecule has 0 aliphatic carbocycles. The molecule has 0 fully saturated rings. The molecule has 0 radical (unpaired) electrons. The van der Waals surface area contributed by atoms with Gasteiger partial charge in [0.15, 0.2) is 0 Å². The fourth-order valence-electron chi connectivity index (χ4n) is 2.97. The minimum Gasteiger partial charge on any atom is -0.496 e. The van der Waals surface area contributed by atoms with E-state index in [1.807, 2.05) is 0 Å². The van der Waals surface area contributed by atoms with Crippen molar-refractivity contribution in [2.75, 3.05) is 18.9 Å². The van der Waals surface area contributed by atoms with E-state index in [2.05, 4.69) is 4.72 Å². The molecule has 0 atom stereocenters. The lowest BCUT2D eigenvalue weighted by atomic mass is 10.0. The largest absolute Gasteiger partial charge is 0.496 e. The van der Waals surface area contributed by atoms with E-state index in [1.54, 1.807) is 36.4 Å². The van der Waals surface area contributed by atoms with Crippen LogP contribution < -0.4 is 14.2 Å². The summed E-state index contributed by atoms with van der Waals surface area (Å²) >= 11 is 0. The number of alkyl halides is 3.